The number of hydrogen-bond donors (Lipinski definition) is 0. The second-order valence-electron chi connectivity index (χ2n) is 17.8. The molecule has 0 aliphatic carbocycles. The van der Waals surface area contributed by atoms with Gasteiger partial charge in [-0.05, 0) is 96.3 Å². The van der Waals surface area contributed by atoms with Crippen molar-refractivity contribution in [3.05, 3.63) is 48.6 Å². The monoisotopic (exact) mass is 869 g/mol. The van der Waals surface area contributed by atoms with Crippen LogP contribution in [0.25, 0.3) is 0 Å². The van der Waals surface area contributed by atoms with Crippen molar-refractivity contribution in [3.63, 3.8) is 0 Å². The lowest BCUT2D eigenvalue weighted by Crippen LogP contribution is -2.30. The van der Waals surface area contributed by atoms with Gasteiger partial charge in [-0.1, -0.05) is 204 Å². The lowest BCUT2D eigenvalue weighted by molar-refractivity contribution is -0.167. The van der Waals surface area contributed by atoms with E-state index in [2.05, 4.69) is 69.4 Å². The van der Waals surface area contributed by atoms with E-state index in [1.165, 1.54) is 148 Å². The third-order valence-electron chi connectivity index (χ3n) is 11.6. The van der Waals surface area contributed by atoms with Gasteiger partial charge in [-0.25, -0.2) is 0 Å². The Balaban J connectivity index is 4.43. The highest BCUT2D eigenvalue weighted by Crippen LogP contribution is 2.14. The second kappa shape index (κ2) is 51.0. The van der Waals surface area contributed by atoms with Crippen molar-refractivity contribution in [2.45, 2.75) is 277 Å². The molecule has 0 spiro atoms. The predicted octanol–water partition coefficient (Wildman–Crippen LogP) is 17.5. The smallest absolute Gasteiger partial charge is 0.306 e. The summed E-state index contributed by atoms with van der Waals surface area (Å²) in [5.74, 6) is -0.929. The molecule has 0 radical (unpaired) electrons. The van der Waals surface area contributed by atoms with Crippen molar-refractivity contribution in [2.24, 2.45) is 0 Å². The summed E-state index contributed by atoms with van der Waals surface area (Å²) in [6.07, 6.45) is 60.9. The molecule has 1 unspecified atom stereocenters. The van der Waals surface area contributed by atoms with Crippen LogP contribution in [0.1, 0.15) is 271 Å². The van der Waals surface area contributed by atoms with Gasteiger partial charge in [0.25, 0.3) is 0 Å². The average Bonchev–Trinajstić information content (AvgIpc) is 3.27. The Morgan fingerprint density at radius 2 is 0.581 bits per heavy atom. The van der Waals surface area contributed by atoms with E-state index in [4.69, 9.17) is 14.2 Å². The summed E-state index contributed by atoms with van der Waals surface area (Å²) in [5.41, 5.74) is 0. The van der Waals surface area contributed by atoms with E-state index in [0.29, 0.717) is 19.3 Å². The van der Waals surface area contributed by atoms with Crippen molar-refractivity contribution in [1.29, 1.82) is 0 Å². The van der Waals surface area contributed by atoms with Gasteiger partial charge in [0.1, 0.15) is 13.2 Å². The summed E-state index contributed by atoms with van der Waals surface area (Å²) in [7, 11) is 0. The third-order valence-corrected chi connectivity index (χ3v) is 11.6. The third kappa shape index (κ3) is 48.4. The molecule has 0 saturated heterocycles. The van der Waals surface area contributed by atoms with Crippen LogP contribution in [0, 0.1) is 0 Å². The molecule has 0 fully saturated rings. The van der Waals surface area contributed by atoms with Crippen LogP contribution in [-0.4, -0.2) is 37.2 Å². The highest BCUT2D eigenvalue weighted by Gasteiger charge is 2.19. The number of rotatable bonds is 48. The molecule has 6 heteroatoms. The molecule has 0 aliphatic rings. The molecule has 0 aliphatic heterocycles. The molecule has 0 heterocycles. The minimum Gasteiger partial charge on any atom is -0.462 e. The molecule has 0 bridgehead atoms. The number of unbranched alkanes of at least 4 members (excludes halogenated alkanes) is 30. The fourth-order valence-corrected chi connectivity index (χ4v) is 7.48. The maximum Gasteiger partial charge on any atom is 0.306 e. The molecule has 6 nitrogen and oxygen atoms in total. The number of ether oxygens (including phenoxy) is 3. The Morgan fingerprint density at radius 3 is 0.935 bits per heavy atom. The molecular weight excluding hydrogens is 769 g/mol. The van der Waals surface area contributed by atoms with E-state index in [1.807, 2.05) is 0 Å². The van der Waals surface area contributed by atoms with Crippen LogP contribution in [0.5, 0.6) is 0 Å². The summed E-state index contributed by atoms with van der Waals surface area (Å²) < 4.78 is 16.8. The highest BCUT2D eigenvalue weighted by molar-refractivity contribution is 5.71. The Kier molecular flexibility index (Phi) is 48.8. The van der Waals surface area contributed by atoms with E-state index in [1.54, 1.807) is 0 Å². The van der Waals surface area contributed by atoms with Gasteiger partial charge >= 0.3 is 17.9 Å². The predicted molar refractivity (Wildman–Crippen MR) is 265 cm³/mol. The van der Waals surface area contributed by atoms with Crippen LogP contribution >= 0.6 is 0 Å². The van der Waals surface area contributed by atoms with Gasteiger partial charge in [-0.3, -0.25) is 14.4 Å². The Bertz CT molecular complexity index is 1090. The van der Waals surface area contributed by atoms with Crippen molar-refractivity contribution in [3.8, 4) is 0 Å². The van der Waals surface area contributed by atoms with Gasteiger partial charge in [0.05, 0.1) is 0 Å². The molecule has 360 valence electrons. The first-order chi connectivity index (χ1) is 30.5. The van der Waals surface area contributed by atoms with Crippen LogP contribution in [-0.2, 0) is 28.6 Å². The van der Waals surface area contributed by atoms with Crippen molar-refractivity contribution in [1.82, 2.24) is 0 Å². The largest absolute Gasteiger partial charge is 0.462 e. The fourth-order valence-electron chi connectivity index (χ4n) is 7.48. The lowest BCUT2D eigenvalue weighted by atomic mass is 10.1. The summed E-state index contributed by atoms with van der Waals surface area (Å²) in [6, 6.07) is 0. The second-order valence-corrected chi connectivity index (χ2v) is 17.8. The van der Waals surface area contributed by atoms with E-state index >= 15 is 0 Å². The average molecular weight is 869 g/mol. The van der Waals surface area contributed by atoms with E-state index in [-0.39, 0.29) is 31.1 Å². The van der Waals surface area contributed by atoms with Gasteiger partial charge in [-0.2, -0.15) is 0 Å². The number of hydrogen-bond acceptors (Lipinski definition) is 6. The number of allylic oxidation sites excluding steroid dienone is 8. The SMILES string of the molecule is CCCCCC/C=C\CCCCCCCCCC(=O)OC(COC(=O)CCCCC/C=C\C=C/CCCCCCCCC)COC(=O)CCCCC/C=C\CCCCCCCC. The summed E-state index contributed by atoms with van der Waals surface area (Å²) in [5, 5.41) is 0. The zero-order valence-corrected chi connectivity index (χ0v) is 41.1. The van der Waals surface area contributed by atoms with Gasteiger partial charge in [-0.15, -0.1) is 0 Å². The fraction of sp³-hybridized carbons (Fsp3) is 0.804. The zero-order valence-electron chi connectivity index (χ0n) is 41.1. The van der Waals surface area contributed by atoms with Gasteiger partial charge in [0.15, 0.2) is 6.10 Å². The molecule has 0 saturated carbocycles. The summed E-state index contributed by atoms with van der Waals surface area (Å²) in [4.78, 5) is 38.0. The van der Waals surface area contributed by atoms with Gasteiger partial charge < -0.3 is 14.2 Å². The Morgan fingerprint density at radius 1 is 0.323 bits per heavy atom. The van der Waals surface area contributed by atoms with Crippen LogP contribution < -0.4 is 0 Å². The highest BCUT2D eigenvalue weighted by atomic mass is 16.6. The Hall–Kier alpha value is -2.63. The minimum atomic E-state index is -0.790. The molecule has 1 atom stereocenters. The topological polar surface area (TPSA) is 78.9 Å². The normalized spacial score (nSPS) is 12.4. The first kappa shape index (κ1) is 59.4. The molecule has 62 heavy (non-hydrogen) atoms. The van der Waals surface area contributed by atoms with Crippen molar-refractivity contribution in [2.75, 3.05) is 13.2 Å². The van der Waals surface area contributed by atoms with E-state index < -0.39 is 6.10 Å². The zero-order chi connectivity index (χ0) is 45.1. The molecule has 0 rings (SSSR count). The number of carbonyl (C=O) groups excluding carboxylic acids is 3. The standard InChI is InChI=1S/C56H100O6/c1-4-7-10-13-16-19-22-25-27-29-31-34-37-40-43-46-49-55(58)61-52-53(51-60-54(57)48-45-42-39-36-33-30-24-21-18-15-12-9-6-3)62-56(59)50-47-44-41-38-35-32-28-26-23-20-17-14-11-8-5-2/h20,23,27,29-31,33-34,53H,4-19,21-22,24-26,28,32,35-52H2,1-3H3/b23-20-,29-27-,33-30-,34-31-. The maximum atomic E-state index is 12.8. The van der Waals surface area contributed by atoms with Crippen LogP contribution in [0.4, 0.5) is 0 Å². The Labute approximate surface area is 384 Å². The number of carbonyl (C=O) groups is 3. The minimum absolute atomic E-state index is 0.0904. The molecule has 0 aromatic rings. The van der Waals surface area contributed by atoms with E-state index in [9.17, 15) is 14.4 Å². The van der Waals surface area contributed by atoms with Gasteiger partial charge in [0, 0.05) is 19.3 Å². The van der Waals surface area contributed by atoms with Crippen molar-refractivity contribution >= 4 is 17.9 Å². The van der Waals surface area contributed by atoms with Gasteiger partial charge in [0.2, 0.25) is 0 Å². The van der Waals surface area contributed by atoms with E-state index in [0.717, 1.165) is 83.5 Å². The van der Waals surface area contributed by atoms with Crippen LogP contribution in [0.3, 0.4) is 0 Å². The number of esters is 3. The quantitative estimate of drug-likeness (QED) is 0.0199. The molecule has 0 aromatic carbocycles. The lowest BCUT2D eigenvalue weighted by Gasteiger charge is -2.18. The summed E-state index contributed by atoms with van der Waals surface area (Å²) in [6.45, 7) is 6.59. The first-order valence-electron chi connectivity index (χ1n) is 26.7. The maximum absolute atomic E-state index is 12.8. The molecule has 0 aromatic heterocycles. The van der Waals surface area contributed by atoms with Crippen LogP contribution in [0.15, 0.2) is 48.6 Å². The van der Waals surface area contributed by atoms with Crippen LogP contribution in [0.2, 0.25) is 0 Å². The van der Waals surface area contributed by atoms with Crippen molar-refractivity contribution < 1.29 is 28.6 Å². The first-order valence-corrected chi connectivity index (χ1v) is 26.7. The molecular formula is C56H100O6. The molecule has 0 amide bonds. The summed E-state index contributed by atoms with van der Waals surface area (Å²) >= 11 is 0. The molecule has 0 N–H and O–H groups in total.